The number of carbonyl (C=O) groups excluding carboxylic acids is 1. The molecule has 0 saturated heterocycles. The lowest BCUT2D eigenvalue weighted by atomic mass is 10.1. The summed E-state index contributed by atoms with van der Waals surface area (Å²) in [6.45, 7) is 0. The number of nitrogens with zero attached hydrogens (tertiary/aromatic N) is 2. The van der Waals surface area contributed by atoms with Gasteiger partial charge >= 0.3 is 0 Å². The van der Waals surface area contributed by atoms with Gasteiger partial charge in [-0.1, -0.05) is 109 Å². The second-order valence-electron chi connectivity index (χ2n) is 7.58. The van der Waals surface area contributed by atoms with E-state index >= 15 is 0 Å². The predicted octanol–water partition coefficient (Wildman–Crippen LogP) is 7.47. The summed E-state index contributed by atoms with van der Waals surface area (Å²) in [7, 11) is 0. The summed E-state index contributed by atoms with van der Waals surface area (Å²) in [5, 5.41) is 0.465. The van der Waals surface area contributed by atoms with Crippen LogP contribution in [0.25, 0.3) is 22.6 Å². The molecule has 4 nitrogen and oxygen atoms in total. The first kappa shape index (κ1) is 21.7. The van der Waals surface area contributed by atoms with Crippen LogP contribution in [-0.2, 0) is 4.79 Å². The number of benzene rings is 4. The minimum Gasteiger partial charge on any atom is -0.431 e. The van der Waals surface area contributed by atoms with Crippen molar-refractivity contribution >= 4 is 29.0 Å². The highest BCUT2D eigenvalue weighted by molar-refractivity contribution is 7.99. The van der Waals surface area contributed by atoms with Crippen molar-refractivity contribution in [3.63, 3.8) is 0 Å². The lowest BCUT2D eigenvalue weighted by molar-refractivity contribution is -0.115. The first-order chi connectivity index (χ1) is 16.8. The molecular formula is C29H22N2O2S. The summed E-state index contributed by atoms with van der Waals surface area (Å²) in [5.41, 5.74) is 4.33. The molecule has 1 heterocycles. The number of aromatic nitrogens is 1. The van der Waals surface area contributed by atoms with Gasteiger partial charge in [-0.25, -0.2) is 4.98 Å². The molecule has 0 unspecified atom stereocenters. The van der Waals surface area contributed by atoms with Crippen LogP contribution in [0, 0.1) is 0 Å². The van der Waals surface area contributed by atoms with Crippen molar-refractivity contribution in [2.45, 2.75) is 5.22 Å². The van der Waals surface area contributed by atoms with Gasteiger partial charge < -0.3 is 4.42 Å². The summed E-state index contributed by atoms with van der Waals surface area (Å²) in [5.74, 6) is 0.833. The van der Waals surface area contributed by atoms with Crippen LogP contribution in [0.5, 0.6) is 0 Å². The Hall–Kier alpha value is -4.09. The highest BCUT2D eigenvalue weighted by Gasteiger charge is 2.21. The van der Waals surface area contributed by atoms with Crippen LogP contribution in [0.15, 0.2) is 131 Å². The third-order valence-electron chi connectivity index (χ3n) is 5.29. The normalized spacial score (nSPS) is 10.7. The van der Waals surface area contributed by atoms with E-state index in [-0.39, 0.29) is 11.7 Å². The van der Waals surface area contributed by atoms with Gasteiger partial charge in [0, 0.05) is 22.5 Å². The summed E-state index contributed by atoms with van der Waals surface area (Å²) in [4.78, 5) is 19.9. The Labute approximate surface area is 202 Å². The maximum absolute atomic E-state index is 13.4. The molecule has 0 spiro atoms. The molecular weight excluding hydrogens is 440 g/mol. The topological polar surface area (TPSA) is 46.3 Å². The Morgan fingerprint density at radius 3 is 1.68 bits per heavy atom. The van der Waals surface area contributed by atoms with E-state index in [1.54, 1.807) is 4.90 Å². The highest BCUT2D eigenvalue weighted by atomic mass is 32.2. The second-order valence-corrected chi connectivity index (χ2v) is 8.51. The molecule has 4 aromatic carbocycles. The summed E-state index contributed by atoms with van der Waals surface area (Å²) in [6, 6.07) is 39.2. The first-order valence-electron chi connectivity index (χ1n) is 11.0. The second kappa shape index (κ2) is 10.2. The lowest BCUT2D eigenvalue weighted by Gasteiger charge is -2.22. The van der Waals surface area contributed by atoms with Crippen LogP contribution >= 0.6 is 11.8 Å². The number of thioether (sulfide) groups is 1. The standard InChI is InChI=1S/C29H22N2O2S/c32-26(31(24-17-9-3-10-18-24)25-19-11-4-12-20-25)21-34-29-30-27(22-13-5-1-6-14-22)28(33-29)23-15-7-2-8-16-23/h1-20H,21H2. The molecule has 0 N–H and O–H groups in total. The van der Waals surface area contributed by atoms with E-state index in [4.69, 9.17) is 9.40 Å². The fraction of sp³-hybridized carbons (Fsp3) is 0.0345. The monoisotopic (exact) mass is 462 g/mol. The Kier molecular flexibility index (Phi) is 6.54. The number of para-hydroxylation sites is 2. The molecule has 5 aromatic rings. The summed E-state index contributed by atoms with van der Waals surface area (Å²) < 4.78 is 6.18. The molecule has 0 bridgehead atoms. The van der Waals surface area contributed by atoms with Gasteiger partial charge in [-0.05, 0) is 24.3 Å². The molecule has 0 aliphatic heterocycles. The van der Waals surface area contributed by atoms with Crippen molar-refractivity contribution in [3.8, 4) is 22.6 Å². The maximum atomic E-state index is 13.4. The van der Waals surface area contributed by atoms with Gasteiger partial charge in [0.2, 0.25) is 5.91 Å². The molecule has 1 aromatic heterocycles. The number of rotatable bonds is 7. The quantitative estimate of drug-likeness (QED) is 0.235. The number of hydrogen-bond donors (Lipinski definition) is 0. The smallest absolute Gasteiger partial charge is 0.257 e. The molecule has 0 radical (unpaired) electrons. The van der Waals surface area contributed by atoms with Gasteiger partial charge in [-0.3, -0.25) is 9.69 Å². The minimum absolute atomic E-state index is 0.0527. The van der Waals surface area contributed by atoms with Crippen molar-refractivity contribution < 1.29 is 9.21 Å². The molecule has 0 atom stereocenters. The lowest BCUT2D eigenvalue weighted by Crippen LogP contribution is -2.27. The number of oxazole rings is 1. The minimum atomic E-state index is -0.0527. The number of carbonyl (C=O) groups is 1. The average Bonchev–Trinajstić information content (AvgIpc) is 3.34. The number of hydrogen-bond acceptors (Lipinski definition) is 4. The SMILES string of the molecule is O=C(CSc1nc(-c2ccccc2)c(-c2ccccc2)o1)N(c1ccccc1)c1ccccc1. The Bertz CT molecular complexity index is 1260. The Morgan fingerprint density at radius 2 is 1.15 bits per heavy atom. The van der Waals surface area contributed by atoms with E-state index in [2.05, 4.69) is 0 Å². The number of amides is 1. The molecule has 5 rings (SSSR count). The molecule has 0 saturated carbocycles. The Balaban J connectivity index is 1.43. The van der Waals surface area contributed by atoms with Crippen molar-refractivity contribution in [2.24, 2.45) is 0 Å². The largest absolute Gasteiger partial charge is 0.431 e. The molecule has 166 valence electrons. The molecule has 1 amide bonds. The summed E-state index contributed by atoms with van der Waals surface area (Å²) >= 11 is 1.30. The highest BCUT2D eigenvalue weighted by Crippen LogP contribution is 2.36. The Morgan fingerprint density at radius 1 is 0.676 bits per heavy atom. The zero-order chi connectivity index (χ0) is 23.2. The van der Waals surface area contributed by atoms with Crippen molar-refractivity contribution in [1.29, 1.82) is 0 Å². The van der Waals surface area contributed by atoms with Crippen LogP contribution in [-0.4, -0.2) is 16.6 Å². The number of anilines is 2. The fourth-order valence-electron chi connectivity index (χ4n) is 3.72. The van der Waals surface area contributed by atoms with Gasteiger partial charge in [-0.15, -0.1) is 0 Å². The van der Waals surface area contributed by atoms with Crippen LogP contribution in [0.1, 0.15) is 0 Å². The van der Waals surface area contributed by atoms with E-state index in [0.717, 1.165) is 28.2 Å². The van der Waals surface area contributed by atoms with Gasteiger partial charge in [0.15, 0.2) is 5.76 Å². The summed E-state index contributed by atoms with van der Waals surface area (Å²) in [6.07, 6.45) is 0. The van der Waals surface area contributed by atoms with Crippen molar-refractivity contribution in [2.75, 3.05) is 10.7 Å². The van der Waals surface area contributed by atoms with Crippen LogP contribution in [0.4, 0.5) is 11.4 Å². The van der Waals surface area contributed by atoms with Gasteiger partial charge in [0.05, 0.1) is 5.75 Å². The zero-order valence-electron chi connectivity index (χ0n) is 18.4. The van der Waals surface area contributed by atoms with Crippen LogP contribution in [0.2, 0.25) is 0 Å². The van der Waals surface area contributed by atoms with E-state index < -0.39 is 0 Å². The van der Waals surface area contributed by atoms with E-state index in [9.17, 15) is 4.79 Å². The van der Waals surface area contributed by atoms with Crippen LogP contribution in [0.3, 0.4) is 0 Å². The van der Waals surface area contributed by atoms with Crippen molar-refractivity contribution in [3.05, 3.63) is 121 Å². The zero-order valence-corrected chi connectivity index (χ0v) is 19.2. The van der Waals surface area contributed by atoms with Gasteiger partial charge in [0.25, 0.3) is 5.22 Å². The molecule has 0 aliphatic carbocycles. The van der Waals surface area contributed by atoms with E-state index in [1.165, 1.54) is 11.8 Å². The fourth-order valence-corrected chi connectivity index (χ4v) is 4.39. The molecule has 0 aliphatic rings. The van der Waals surface area contributed by atoms with E-state index in [0.29, 0.717) is 11.0 Å². The van der Waals surface area contributed by atoms with E-state index in [1.807, 2.05) is 121 Å². The molecule has 5 heteroatoms. The molecule has 34 heavy (non-hydrogen) atoms. The third kappa shape index (κ3) is 4.80. The average molecular weight is 463 g/mol. The predicted molar refractivity (Wildman–Crippen MR) is 138 cm³/mol. The van der Waals surface area contributed by atoms with Gasteiger partial charge in [-0.2, -0.15) is 0 Å². The van der Waals surface area contributed by atoms with Crippen molar-refractivity contribution in [1.82, 2.24) is 4.98 Å². The third-order valence-corrected chi connectivity index (χ3v) is 6.10. The first-order valence-corrected chi connectivity index (χ1v) is 12.0. The maximum Gasteiger partial charge on any atom is 0.257 e. The molecule has 0 fully saturated rings. The van der Waals surface area contributed by atoms with Crippen LogP contribution < -0.4 is 4.90 Å². The van der Waals surface area contributed by atoms with Gasteiger partial charge in [0.1, 0.15) is 5.69 Å².